The van der Waals surface area contributed by atoms with E-state index in [4.69, 9.17) is 4.74 Å². The molecule has 0 aliphatic heterocycles. The molecule has 1 amide bonds. The third kappa shape index (κ3) is 4.57. The molecule has 0 radical (unpaired) electrons. The fourth-order valence-corrected chi connectivity index (χ4v) is 2.74. The SMILES string of the molecule is CNc1cc(NC(=O)c2ccc(Oc3ccc(C(C)=O)cc3)cc2)ccc1C. The van der Waals surface area contributed by atoms with E-state index in [9.17, 15) is 9.59 Å². The van der Waals surface area contributed by atoms with E-state index in [0.717, 1.165) is 16.9 Å². The van der Waals surface area contributed by atoms with Gasteiger partial charge in [0.2, 0.25) is 0 Å². The number of rotatable bonds is 6. The van der Waals surface area contributed by atoms with Crippen LogP contribution in [0, 0.1) is 6.92 Å². The topological polar surface area (TPSA) is 67.4 Å². The lowest BCUT2D eigenvalue weighted by molar-refractivity contribution is 0.101. The van der Waals surface area contributed by atoms with E-state index in [1.54, 1.807) is 48.5 Å². The number of carbonyl (C=O) groups excluding carboxylic acids is 2. The number of ketones is 1. The highest BCUT2D eigenvalue weighted by Gasteiger charge is 2.08. The van der Waals surface area contributed by atoms with Crippen LogP contribution in [0.15, 0.2) is 66.7 Å². The number of Topliss-reactive ketones (excluding diaryl/α,β-unsaturated/α-hetero) is 1. The van der Waals surface area contributed by atoms with Crippen molar-refractivity contribution in [3.05, 3.63) is 83.4 Å². The van der Waals surface area contributed by atoms with E-state index in [0.29, 0.717) is 22.6 Å². The zero-order chi connectivity index (χ0) is 20.1. The molecule has 2 N–H and O–H groups in total. The average molecular weight is 374 g/mol. The Morgan fingerprint density at radius 1 is 0.821 bits per heavy atom. The van der Waals surface area contributed by atoms with Gasteiger partial charge in [-0.1, -0.05) is 6.07 Å². The zero-order valence-corrected chi connectivity index (χ0v) is 16.1. The number of nitrogens with one attached hydrogen (secondary N) is 2. The molecule has 5 heteroatoms. The molecule has 0 aromatic heterocycles. The Labute approximate surface area is 164 Å². The fourth-order valence-electron chi connectivity index (χ4n) is 2.74. The molecule has 3 aromatic carbocycles. The maximum absolute atomic E-state index is 12.5. The first-order chi connectivity index (χ1) is 13.5. The van der Waals surface area contributed by atoms with Crippen LogP contribution in [-0.4, -0.2) is 18.7 Å². The molecule has 0 atom stereocenters. The Hall–Kier alpha value is -3.60. The van der Waals surface area contributed by atoms with Gasteiger partial charge in [0.25, 0.3) is 5.91 Å². The maximum Gasteiger partial charge on any atom is 0.255 e. The number of hydrogen-bond donors (Lipinski definition) is 2. The number of anilines is 2. The minimum absolute atomic E-state index is 0.0114. The summed E-state index contributed by atoms with van der Waals surface area (Å²) in [7, 11) is 1.85. The Morgan fingerprint density at radius 3 is 1.93 bits per heavy atom. The maximum atomic E-state index is 12.5. The summed E-state index contributed by atoms with van der Waals surface area (Å²) in [5.74, 6) is 1.06. The number of carbonyl (C=O) groups is 2. The molecule has 0 bridgehead atoms. The van der Waals surface area contributed by atoms with Gasteiger partial charge in [0.15, 0.2) is 5.78 Å². The first-order valence-corrected chi connectivity index (χ1v) is 8.95. The third-order valence-corrected chi connectivity index (χ3v) is 4.38. The minimum atomic E-state index is -0.191. The smallest absolute Gasteiger partial charge is 0.255 e. The van der Waals surface area contributed by atoms with Gasteiger partial charge in [-0.25, -0.2) is 0 Å². The van der Waals surface area contributed by atoms with Gasteiger partial charge in [0.1, 0.15) is 11.5 Å². The highest BCUT2D eigenvalue weighted by Crippen LogP contribution is 2.23. The molecule has 3 aromatic rings. The molecule has 28 heavy (non-hydrogen) atoms. The second kappa shape index (κ2) is 8.39. The molecule has 0 aliphatic carbocycles. The van der Waals surface area contributed by atoms with E-state index < -0.39 is 0 Å². The zero-order valence-electron chi connectivity index (χ0n) is 16.1. The standard InChI is InChI=1S/C23H22N2O3/c1-15-4-9-19(14-22(15)24-3)25-23(27)18-7-12-21(13-8-18)28-20-10-5-17(6-11-20)16(2)26/h4-14,24H,1-3H3,(H,25,27). The normalized spacial score (nSPS) is 10.2. The second-order valence-electron chi connectivity index (χ2n) is 6.44. The van der Waals surface area contributed by atoms with Gasteiger partial charge in [-0.3, -0.25) is 9.59 Å². The highest BCUT2D eigenvalue weighted by molar-refractivity contribution is 6.04. The van der Waals surface area contributed by atoms with Crippen LogP contribution >= 0.6 is 0 Å². The van der Waals surface area contributed by atoms with Crippen molar-refractivity contribution < 1.29 is 14.3 Å². The van der Waals surface area contributed by atoms with Crippen molar-refractivity contribution >= 4 is 23.1 Å². The summed E-state index contributed by atoms with van der Waals surface area (Å²) in [6.07, 6.45) is 0. The molecule has 0 saturated heterocycles. The summed E-state index contributed by atoms with van der Waals surface area (Å²) in [5, 5.41) is 6.00. The van der Waals surface area contributed by atoms with E-state index in [2.05, 4.69) is 10.6 Å². The largest absolute Gasteiger partial charge is 0.457 e. The summed E-state index contributed by atoms with van der Waals surface area (Å²) >= 11 is 0. The summed E-state index contributed by atoms with van der Waals surface area (Å²) in [5.41, 5.74) is 3.98. The Morgan fingerprint density at radius 2 is 1.39 bits per heavy atom. The number of hydrogen-bond acceptors (Lipinski definition) is 4. The van der Waals surface area contributed by atoms with Gasteiger partial charge >= 0.3 is 0 Å². The van der Waals surface area contributed by atoms with Crippen molar-refractivity contribution in [2.45, 2.75) is 13.8 Å². The lowest BCUT2D eigenvalue weighted by Crippen LogP contribution is -2.12. The molecule has 0 saturated carbocycles. The Kier molecular flexibility index (Phi) is 5.75. The van der Waals surface area contributed by atoms with Crippen molar-refractivity contribution in [1.82, 2.24) is 0 Å². The molecule has 0 aliphatic rings. The summed E-state index contributed by atoms with van der Waals surface area (Å²) in [6.45, 7) is 3.53. The Bertz CT molecular complexity index is 993. The minimum Gasteiger partial charge on any atom is -0.457 e. The molecule has 142 valence electrons. The van der Waals surface area contributed by atoms with Crippen molar-refractivity contribution in [3.63, 3.8) is 0 Å². The summed E-state index contributed by atoms with van der Waals surface area (Å²) in [4.78, 5) is 23.8. The van der Waals surface area contributed by atoms with E-state index in [-0.39, 0.29) is 11.7 Å². The third-order valence-electron chi connectivity index (χ3n) is 4.38. The van der Waals surface area contributed by atoms with E-state index >= 15 is 0 Å². The first kappa shape index (κ1) is 19.2. The van der Waals surface area contributed by atoms with Crippen LogP contribution in [0.25, 0.3) is 0 Å². The quantitative estimate of drug-likeness (QED) is 0.576. The molecule has 0 fully saturated rings. The van der Waals surface area contributed by atoms with Gasteiger partial charge in [-0.2, -0.15) is 0 Å². The molecular weight excluding hydrogens is 352 g/mol. The number of benzene rings is 3. The van der Waals surface area contributed by atoms with Crippen LogP contribution in [-0.2, 0) is 0 Å². The van der Waals surface area contributed by atoms with Crippen LogP contribution in [0.3, 0.4) is 0 Å². The predicted molar refractivity (Wildman–Crippen MR) is 112 cm³/mol. The number of aryl methyl sites for hydroxylation is 1. The highest BCUT2D eigenvalue weighted by atomic mass is 16.5. The van der Waals surface area contributed by atoms with Crippen molar-refractivity contribution in [2.24, 2.45) is 0 Å². The van der Waals surface area contributed by atoms with Gasteiger partial charge < -0.3 is 15.4 Å². The van der Waals surface area contributed by atoms with Crippen LogP contribution in [0.2, 0.25) is 0 Å². The van der Waals surface area contributed by atoms with E-state index in [1.807, 2.05) is 32.2 Å². The number of amides is 1. The lowest BCUT2D eigenvalue weighted by Gasteiger charge is -2.10. The van der Waals surface area contributed by atoms with Crippen LogP contribution in [0.4, 0.5) is 11.4 Å². The molecule has 3 rings (SSSR count). The molecular formula is C23H22N2O3. The van der Waals surface area contributed by atoms with Crippen molar-refractivity contribution in [3.8, 4) is 11.5 Å². The van der Waals surface area contributed by atoms with Gasteiger partial charge in [-0.05, 0) is 80.1 Å². The first-order valence-electron chi connectivity index (χ1n) is 8.95. The van der Waals surface area contributed by atoms with Gasteiger partial charge in [0, 0.05) is 29.5 Å². The Balaban J connectivity index is 1.66. The van der Waals surface area contributed by atoms with Gasteiger partial charge in [0.05, 0.1) is 0 Å². The lowest BCUT2D eigenvalue weighted by atomic mass is 10.1. The number of ether oxygens (including phenoxy) is 1. The molecule has 0 unspecified atom stereocenters. The second-order valence-corrected chi connectivity index (χ2v) is 6.44. The molecule has 5 nitrogen and oxygen atoms in total. The summed E-state index contributed by atoms with van der Waals surface area (Å²) < 4.78 is 5.76. The monoisotopic (exact) mass is 374 g/mol. The average Bonchev–Trinajstić information content (AvgIpc) is 2.70. The van der Waals surface area contributed by atoms with Gasteiger partial charge in [-0.15, -0.1) is 0 Å². The fraction of sp³-hybridized carbons (Fsp3) is 0.130. The van der Waals surface area contributed by atoms with Crippen molar-refractivity contribution in [2.75, 3.05) is 17.7 Å². The summed E-state index contributed by atoms with van der Waals surface area (Å²) in [6, 6.07) is 19.6. The van der Waals surface area contributed by atoms with Crippen LogP contribution in [0.1, 0.15) is 33.2 Å². The predicted octanol–water partition coefficient (Wildman–Crippen LogP) is 5.28. The van der Waals surface area contributed by atoms with Crippen LogP contribution < -0.4 is 15.4 Å². The molecule has 0 heterocycles. The molecule has 0 spiro atoms. The van der Waals surface area contributed by atoms with E-state index in [1.165, 1.54) is 6.92 Å². The van der Waals surface area contributed by atoms with Crippen LogP contribution in [0.5, 0.6) is 11.5 Å². The van der Waals surface area contributed by atoms with Crippen molar-refractivity contribution in [1.29, 1.82) is 0 Å².